The first-order chi connectivity index (χ1) is 6.33. The lowest BCUT2D eigenvalue weighted by Gasteiger charge is -2.14. The number of hydrogen-bond donors (Lipinski definition) is 1. The number of rotatable bonds is 2. The molecule has 0 aromatic carbocycles. The molecule has 72 valence electrons. The summed E-state index contributed by atoms with van der Waals surface area (Å²) in [5.74, 6) is 0. The molecule has 1 aromatic rings. The lowest BCUT2D eigenvalue weighted by atomic mass is 10.2. The average Bonchev–Trinajstić information content (AvgIpc) is 2.72. The molecule has 2 nitrogen and oxygen atoms in total. The number of nitrogens with zero attached hydrogens (tertiary/aromatic N) is 1. The minimum Gasteiger partial charge on any atom is -0.337 e. The van der Waals surface area contributed by atoms with E-state index < -0.39 is 0 Å². The topological polar surface area (TPSA) is 20.7 Å². The fourth-order valence-corrected chi connectivity index (χ4v) is 2.58. The zero-order valence-corrected chi connectivity index (χ0v) is 8.86. The third-order valence-electron chi connectivity index (χ3n) is 2.94. The summed E-state index contributed by atoms with van der Waals surface area (Å²) in [6.07, 6.45) is 8.46. The van der Waals surface area contributed by atoms with Crippen molar-refractivity contribution in [3.05, 3.63) is 16.7 Å². The van der Waals surface area contributed by atoms with Gasteiger partial charge in [0.2, 0.25) is 0 Å². The zero-order chi connectivity index (χ0) is 9.26. The number of hydrogen-bond acceptors (Lipinski definition) is 1. The minimum absolute atomic E-state index is 0.675. The van der Waals surface area contributed by atoms with Crippen molar-refractivity contribution in [1.29, 1.82) is 0 Å². The molecule has 0 unspecified atom stereocenters. The van der Waals surface area contributed by atoms with Crippen LogP contribution in [0.15, 0.2) is 6.20 Å². The van der Waals surface area contributed by atoms with Crippen molar-refractivity contribution in [3.8, 4) is 0 Å². The van der Waals surface area contributed by atoms with Crippen LogP contribution in [0.3, 0.4) is 0 Å². The Kier molecular flexibility index (Phi) is 2.54. The Morgan fingerprint density at radius 3 is 2.85 bits per heavy atom. The monoisotopic (exact) mass is 196 g/mol. The standard InChI is InChI=1S/C10H16N2S/c1-2-8-7-11-10(13)12(8)9-5-3-4-6-9/h7,9H,2-6H2,1H3,(H,11,13). The van der Waals surface area contributed by atoms with Crippen molar-refractivity contribution in [3.63, 3.8) is 0 Å². The Hall–Kier alpha value is -0.570. The van der Waals surface area contributed by atoms with Crippen LogP contribution in [0.2, 0.25) is 0 Å². The maximum absolute atomic E-state index is 5.28. The number of aryl methyl sites for hydroxylation is 1. The van der Waals surface area contributed by atoms with Gasteiger partial charge in [-0.1, -0.05) is 19.8 Å². The Bertz CT molecular complexity index is 331. The maximum Gasteiger partial charge on any atom is 0.177 e. The van der Waals surface area contributed by atoms with Crippen LogP contribution in [0.25, 0.3) is 0 Å². The van der Waals surface area contributed by atoms with Crippen LogP contribution in [0.4, 0.5) is 0 Å². The van der Waals surface area contributed by atoms with Gasteiger partial charge in [-0.25, -0.2) is 0 Å². The Balaban J connectivity index is 2.36. The van der Waals surface area contributed by atoms with Crippen molar-refractivity contribution < 1.29 is 0 Å². The molecule has 13 heavy (non-hydrogen) atoms. The van der Waals surface area contributed by atoms with E-state index in [-0.39, 0.29) is 0 Å². The third kappa shape index (κ3) is 1.57. The highest BCUT2D eigenvalue weighted by Crippen LogP contribution is 2.30. The van der Waals surface area contributed by atoms with Gasteiger partial charge in [0.1, 0.15) is 0 Å². The fraction of sp³-hybridized carbons (Fsp3) is 0.700. The van der Waals surface area contributed by atoms with Gasteiger partial charge in [-0.15, -0.1) is 0 Å². The predicted molar refractivity (Wildman–Crippen MR) is 56.5 cm³/mol. The van der Waals surface area contributed by atoms with E-state index in [1.54, 1.807) is 0 Å². The smallest absolute Gasteiger partial charge is 0.177 e. The first kappa shape index (κ1) is 9.00. The molecule has 1 aliphatic rings. The van der Waals surface area contributed by atoms with Crippen molar-refractivity contribution in [2.24, 2.45) is 0 Å². The minimum atomic E-state index is 0.675. The molecular formula is C10H16N2S. The summed E-state index contributed by atoms with van der Waals surface area (Å²) in [6, 6.07) is 0.675. The molecule has 0 radical (unpaired) electrons. The second-order valence-corrected chi connectivity index (χ2v) is 4.13. The SMILES string of the molecule is CCc1c[nH]c(=S)n1C1CCCC1. The van der Waals surface area contributed by atoms with Gasteiger partial charge in [0.15, 0.2) is 4.77 Å². The summed E-state index contributed by atoms with van der Waals surface area (Å²) < 4.78 is 3.23. The molecule has 1 N–H and O–H groups in total. The first-order valence-corrected chi connectivity index (χ1v) is 5.52. The maximum atomic E-state index is 5.28. The molecule has 1 heterocycles. The van der Waals surface area contributed by atoms with E-state index in [9.17, 15) is 0 Å². The highest BCUT2D eigenvalue weighted by atomic mass is 32.1. The lowest BCUT2D eigenvalue weighted by Crippen LogP contribution is -2.07. The van der Waals surface area contributed by atoms with E-state index >= 15 is 0 Å². The molecule has 1 saturated carbocycles. The second-order valence-electron chi connectivity index (χ2n) is 3.75. The van der Waals surface area contributed by atoms with E-state index in [1.807, 2.05) is 0 Å². The fourth-order valence-electron chi connectivity index (χ4n) is 2.25. The third-order valence-corrected chi connectivity index (χ3v) is 3.26. The predicted octanol–water partition coefficient (Wildman–Crippen LogP) is 3.22. The molecular weight excluding hydrogens is 180 g/mol. The van der Waals surface area contributed by atoms with E-state index in [0.29, 0.717) is 6.04 Å². The highest BCUT2D eigenvalue weighted by molar-refractivity contribution is 7.71. The number of aromatic amines is 1. The molecule has 2 rings (SSSR count). The van der Waals surface area contributed by atoms with Gasteiger partial charge in [0.05, 0.1) is 0 Å². The number of imidazole rings is 1. The quantitative estimate of drug-likeness (QED) is 0.720. The van der Waals surface area contributed by atoms with Gasteiger partial charge < -0.3 is 9.55 Å². The van der Waals surface area contributed by atoms with Crippen LogP contribution in [0.5, 0.6) is 0 Å². The highest BCUT2D eigenvalue weighted by Gasteiger charge is 2.19. The van der Waals surface area contributed by atoms with Crippen LogP contribution in [0.1, 0.15) is 44.3 Å². The van der Waals surface area contributed by atoms with E-state index in [2.05, 4.69) is 22.7 Å². The number of nitrogens with one attached hydrogen (secondary N) is 1. The average molecular weight is 196 g/mol. The van der Waals surface area contributed by atoms with Crippen LogP contribution < -0.4 is 0 Å². The van der Waals surface area contributed by atoms with Crippen molar-refractivity contribution >= 4 is 12.2 Å². The van der Waals surface area contributed by atoms with Gasteiger partial charge >= 0.3 is 0 Å². The summed E-state index contributed by atoms with van der Waals surface area (Å²) in [6.45, 7) is 2.18. The zero-order valence-electron chi connectivity index (χ0n) is 8.05. The number of H-pyrrole nitrogens is 1. The van der Waals surface area contributed by atoms with Crippen LogP contribution in [-0.4, -0.2) is 9.55 Å². The molecule has 0 bridgehead atoms. The van der Waals surface area contributed by atoms with E-state index in [1.165, 1.54) is 31.4 Å². The molecule has 0 amide bonds. The van der Waals surface area contributed by atoms with Gasteiger partial charge in [0.25, 0.3) is 0 Å². The molecule has 1 aliphatic carbocycles. The van der Waals surface area contributed by atoms with Crippen LogP contribution in [0, 0.1) is 4.77 Å². The summed E-state index contributed by atoms with van der Waals surface area (Å²) in [4.78, 5) is 3.14. The van der Waals surface area contributed by atoms with Gasteiger partial charge in [-0.3, -0.25) is 0 Å². The largest absolute Gasteiger partial charge is 0.337 e. The van der Waals surface area contributed by atoms with Crippen molar-refractivity contribution in [2.75, 3.05) is 0 Å². The summed E-state index contributed by atoms with van der Waals surface area (Å²) in [5, 5.41) is 0. The Morgan fingerprint density at radius 1 is 1.54 bits per heavy atom. The van der Waals surface area contributed by atoms with Crippen molar-refractivity contribution in [2.45, 2.75) is 45.1 Å². The van der Waals surface area contributed by atoms with Gasteiger partial charge in [0, 0.05) is 17.9 Å². The molecule has 0 spiro atoms. The molecule has 0 atom stereocenters. The summed E-state index contributed by atoms with van der Waals surface area (Å²) in [7, 11) is 0. The van der Waals surface area contributed by atoms with Gasteiger partial charge in [-0.05, 0) is 31.5 Å². The summed E-state index contributed by atoms with van der Waals surface area (Å²) >= 11 is 5.28. The molecule has 0 saturated heterocycles. The Morgan fingerprint density at radius 2 is 2.23 bits per heavy atom. The Labute approximate surface area is 84.0 Å². The number of aromatic nitrogens is 2. The molecule has 0 aliphatic heterocycles. The van der Waals surface area contributed by atoms with E-state index in [0.717, 1.165) is 11.2 Å². The summed E-state index contributed by atoms with van der Waals surface area (Å²) in [5.41, 5.74) is 1.36. The second kappa shape index (κ2) is 3.66. The van der Waals surface area contributed by atoms with Crippen molar-refractivity contribution in [1.82, 2.24) is 9.55 Å². The molecule has 1 aromatic heterocycles. The molecule has 3 heteroatoms. The van der Waals surface area contributed by atoms with Crippen LogP contribution >= 0.6 is 12.2 Å². The van der Waals surface area contributed by atoms with E-state index in [4.69, 9.17) is 12.2 Å². The first-order valence-electron chi connectivity index (χ1n) is 5.11. The lowest BCUT2D eigenvalue weighted by molar-refractivity contribution is 0.497. The van der Waals surface area contributed by atoms with Gasteiger partial charge in [-0.2, -0.15) is 0 Å². The normalized spacial score (nSPS) is 18.2. The van der Waals surface area contributed by atoms with Crippen LogP contribution in [-0.2, 0) is 6.42 Å². The molecule has 1 fully saturated rings.